The molecule has 0 radical (unpaired) electrons. The van der Waals surface area contributed by atoms with Gasteiger partial charge in [-0.1, -0.05) is 39.4 Å². The Hall–Kier alpha value is -1.29. The second-order valence-corrected chi connectivity index (χ2v) is 8.53. The van der Waals surface area contributed by atoms with Gasteiger partial charge in [-0.25, -0.2) is 18.1 Å². The van der Waals surface area contributed by atoms with E-state index in [1.807, 2.05) is 31.2 Å². The van der Waals surface area contributed by atoms with Crippen LogP contribution in [0, 0.1) is 13.8 Å². The molecule has 0 aliphatic carbocycles. The molecule has 0 saturated carbocycles. The third-order valence-corrected chi connectivity index (χ3v) is 5.86. The predicted molar refractivity (Wildman–Crippen MR) is 88.5 cm³/mol. The van der Waals surface area contributed by atoms with Crippen molar-refractivity contribution in [1.29, 1.82) is 0 Å². The van der Waals surface area contributed by atoms with E-state index in [0.29, 0.717) is 10.7 Å². The van der Waals surface area contributed by atoms with Crippen molar-refractivity contribution in [2.24, 2.45) is 0 Å². The SMILES string of the molecule is Cc1nn2c(S(=O)(=O)NCc3cccc(Br)c3)c(C)nc2s1. The van der Waals surface area contributed by atoms with Crippen LogP contribution in [0.4, 0.5) is 0 Å². The lowest BCUT2D eigenvalue weighted by Crippen LogP contribution is -2.25. The summed E-state index contributed by atoms with van der Waals surface area (Å²) >= 11 is 4.73. The highest BCUT2D eigenvalue weighted by Crippen LogP contribution is 2.22. The van der Waals surface area contributed by atoms with Crippen molar-refractivity contribution in [1.82, 2.24) is 19.3 Å². The summed E-state index contributed by atoms with van der Waals surface area (Å²) in [6.45, 7) is 3.70. The average molecular weight is 401 g/mol. The van der Waals surface area contributed by atoms with Crippen molar-refractivity contribution in [2.75, 3.05) is 0 Å². The molecule has 0 atom stereocenters. The van der Waals surface area contributed by atoms with Crippen LogP contribution < -0.4 is 4.72 Å². The zero-order valence-corrected chi connectivity index (χ0v) is 15.1. The van der Waals surface area contributed by atoms with Crippen molar-refractivity contribution >= 4 is 42.3 Å². The van der Waals surface area contributed by atoms with E-state index in [4.69, 9.17) is 0 Å². The second-order valence-electron chi connectivity index (χ2n) is 4.77. The molecule has 116 valence electrons. The lowest BCUT2D eigenvalue weighted by molar-refractivity contribution is 0.572. The van der Waals surface area contributed by atoms with Crippen LogP contribution >= 0.6 is 27.3 Å². The number of fused-ring (bicyclic) bond motifs is 1. The van der Waals surface area contributed by atoms with Gasteiger partial charge < -0.3 is 0 Å². The number of hydrogen-bond acceptors (Lipinski definition) is 5. The van der Waals surface area contributed by atoms with E-state index < -0.39 is 10.0 Å². The quantitative estimate of drug-likeness (QED) is 0.729. The zero-order valence-electron chi connectivity index (χ0n) is 11.9. The normalized spacial score (nSPS) is 12.1. The molecule has 0 unspecified atom stereocenters. The van der Waals surface area contributed by atoms with Gasteiger partial charge in [-0.3, -0.25) is 0 Å². The molecule has 2 heterocycles. The molecular formula is C13H13BrN4O2S2. The highest BCUT2D eigenvalue weighted by atomic mass is 79.9. The van der Waals surface area contributed by atoms with Crippen LogP contribution in [0.15, 0.2) is 33.8 Å². The maximum Gasteiger partial charge on any atom is 0.260 e. The number of hydrogen-bond donors (Lipinski definition) is 1. The first kappa shape index (κ1) is 15.6. The van der Waals surface area contributed by atoms with Gasteiger partial charge in [0.15, 0.2) is 5.03 Å². The van der Waals surface area contributed by atoms with Gasteiger partial charge in [0.2, 0.25) is 4.96 Å². The number of aromatic nitrogens is 3. The van der Waals surface area contributed by atoms with Crippen molar-refractivity contribution in [2.45, 2.75) is 25.4 Å². The number of rotatable bonds is 4. The minimum absolute atomic E-state index is 0.0989. The molecule has 1 N–H and O–H groups in total. The molecule has 1 aromatic carbocycles. The molecule has 0 aliphatic heterocycles. The van der Waals surface area contributed by atoms with Gasteiger partial charge in [-0.15, -0.1) is 0 Å². The molecular weight excluding hydrogens is 388 g/mol. The van der Waals surface area contributed by atoms with E-state index in [2.05, 4.69) is 30.7 Å². The van der Waals surface area contributed by atoms with E-state index in [9.17, 15) is 8.42 Å². The Morgan fingerprint density at radius 3 is 2.86 bits per heavy atom. The van der Waals surface area contributed by atoms with Crippen LogP contribution in [-0.2, 0) is 16.6 Å². The molecule has 0 fully saturated rings. The smallest absolute Gasteiger partial charge is 0.221 e. The number of sulfonamides is 1. The first-order chi connectivity index (χ1) is 10.4. The molecule has 0 aliphatic rings. The summed E-state index contributed by atoms with van der Waals surface area (Å²) in [7, 11) is -3.69. The Morgan fingerprint density at radius 1 is 1.36 bits per heavy atom. The lowest BCUT2D eigenvalue weighted by atomic mass is 10.2. The van der Waals surface area contributed by atoms with Gasteiger partial charge >= 0.3 is 0 Å². The second kappa shape index (κ2) is 5.73. The van der Waals surface area contributed by atoms with Gasteiger partial charge in [0.05, 0.1) is 5.69 Å². The van der Waals surface area contributed by atoms with Gasteiger partial charge in [0.25, 0.3) is 10.0 Å². The molecule has 22 heavy (non-hydrogen) atoms. The fourth-order valence-electron chi connectivity index (χ4n) is 2.13. The summed E-state index contributed by atoms with van der Waals surface area (Å²) in [5, 5.41) is 5.08. The van der Waals surface area contributed by atoms with E-state index in [1.165, 1.54) is 15.9 Å². The Morgan fingerprint density at radius 2 is 2.14 bits per heavy atom. The van der Waals surface area contributed by atoms with E-state index in [1.54, 1.807) is 6.92 Å². The van der Waals surface area contributed by atoms with Gasteiger partial charge in [0, 0.05) is 11.0 Å². The van der Waals surface area contributed by atoms with Crippen LogP contribution in [0.25, 0.3) is 4.96 Å². The van der Waals surface area contributed by atoms with E-state index in [-0.39, 0.29) is 11.6 Å². The standard InChI is InChI=1S/C13H13BrN4O2S2/c1-8-12(18-13(16-8)21-9(2)17-18)22(19,20)15-7-10-4-3-5-11(14)6-10/h3-6,15H,7H2,1-2H3. The predicted octanol–water partition coefficient (Wildman–Crippen LogP) is 2.65. The maximum absolute atomic E-state index is 12.6. The zero-order chi connectivity index (χ0) is 15.9. The molecule has 0 spiro atoms. The molecule has 2 aromatic heterocycles. The molecule has 0 bridgehead atoms. The summed E-state index contributed by atoms with van der Waals surface area (Å²) in [4.78, 5) is 4.84. The minimum atomic E-state index is -3.69. The lowest BCUT2D eigenvalue weighted by Gasteiger charge is -2.06. The number of halogens is 1. The number of benzene rings is 1. The first-order valence-corrected chi connectivity index (χ1v) is 9.53. The molecule has 3 aromatic rings. The highest BCUT2D eigenvalue weighted by Gasteiger charge is 2.25. The van der Waals surface area contributed by atoms with Crippen LogP contribution in [0.5, 0.6) is 0 Å². The van der Waals surface area contributed by atoms with Crippen LogP contribution in [-0.4, -0.2) is 23.0 Å². The Bertz CT molecular complexity index is 946. The highest BCUT2D eigenvalue weighted by molar-refractivity contribution is 9.10. The number of nitrogens with one attached hydrogen (secondary N) is 1. The molecule has 0 amide bonds. The molecule has 9 heteroatoms. The van der Waals surface area contributed by atoms with Crippen molar-refractivity contribution in [3.05, 3.63) is 45.0 Å². The van der Waals surface area contributed by atoms with Gasteiger partial charge in [0.1, 0.15) is 5.01 Å². The third-order valence-electron chi connectivity index (χ3n) is 3.04. The van der Waals surface area contributed by atoms with Gasteiger partial charge in [-0.2, -0.15) is 9.61 Å². The van der Waals surface area contributed by atoms with Crippen molar-refractivity contribution in [3.8, 4) is 0 Å². The number of nitrogens with zero attached hydrogens (tertiary/aromatic N) is 3. The van der Waals surface area contributed by atoms with Crippen LogP contribution in [0.2, 0.25) is 0 Å². The minimum Gasteiger partial charge on any atom is -0.221 e. The average Bonchev–Trinajstić information content (AvgIpc) is 2.91. The number of aryl methyl sites for hydroxylation is 2. The largest absolute Gasteiger partial charge is 0.260 e. The summed E-state index contributed by atoms with van der Waals surface area (Å²) in [5.74, 6) is 0. The summed E-state index contributed by atoms with van der Waals surface area (Å²) in [6, 6.07) is 7.48. The molecule has 6 nitrogen and oxygen atoms in total. The van der Waals surface area contributed by atoms with Crippen molar-refractivity contribution < 1.29 is 8.42 Å². The Kier molecular flexibility index (Phi) is 4.06. The maximum atomic E-state index is 12.6. The third kappa shape index (κ3) is 2.94. The summed E-state index contributed by atoms with van der Waals surface area (Å²) in [5.41, 5.74) is 1.31. The van der Waals surface area contributed by atoms with Crippen LogP contribution in [0.3, 0.4) is 0 Å². The fraction of sp³-hybridized carbons (Fsp3) is 0.231. The molecule has 3 rings (SSSR count). The Labute approximate surface area is 140 Å². The van der Waals surface area contributed by atoms with Gasteiger partial charge in [-0.05, 0) is 31.5 Å². The fourth-order valence-corrected chi connectivity index (χ4v) is 4.70. The Balaban J connectivity index is 1.93. The first-order valence-electron chi connectivity index (χ1n) is 6.44. The summed E-state index contributed by atoms with van der Waals surface area (Å²) in [6.07, 6.45) is 0. The molecule has 0 saturated heterocycles. The van der Waals surface area contributed by atoms with Crippen molar-refractivity contribution in [3.63, 3.8) is 0 Å². The number of imidazole rings is 1. The summed E-state index contributed by atoms with van der Waals surface area (Å²) < 4.78 is 30.0. The van der Waals surface area contributed by atoms with Crippen LogP contribution in [0.1, 0.15) is 16.3 Å². The topological polar surface area (TPSA) is 76.4 Å². The monoisotopic (exact) mass is 400 g/mol. The van der Waals surface area contributed by atoms with E-state index >= 15 is 0 Å². The van der Waals surface area contributed by atoms with E-state index in [0.717, 1.165) is 15.0 Å².